The predicted octanol–water partition coefficient (Wildman–Crippen LogP) is 4.26. The van der Waals surface area contributed by atoms with E-state index in [2.05, 4.69) is 30.7 Å². The van der Waals surface area contributed by atoms with Gasteiger partial charge in [-0.05, 0) is 64.8 Å². The Morgan fingerprint density at radius 1 is 1.35 bits per heavy atom. The molecule has 0 bridgehead atoms. The van der Waals surface area contributed by atoms with Crippen molar-refractivity contribution in [3.63, 3.8) is 0 Å². The number of rotatable bonds is 2. The van der Waals surface area contributed by atoms with Gasteiger partial charge in [-0.15, -0.1) is 0 Å². The Balaban J connectivity index is 2.21. The van der Waals surface area contributed by atoms with Gasteiger partial charge < -0.3 is 9.88 Å². The van der Waals surface area contributed by atoms with Gasteiger partial charge in [0.2, 0.25) is 0 Å². The lowest BCUT2D eigenvalue weighted by atomic mass is 9.90. The average Bonchev–Trinajstić information content (AvgIpc) is 2.79. The molecule has 2 heterocycles. The van der Waals surface area contributed by atoms with Crippen molar-refractivity contribution < 1.29 is 0 Å². The van der Waals surface area contributed by atoms with Crippen LogP contribution >= 0.6 is 11.6 Å². The number of hydrogen-bond donors (Lipinski definition) is 1. The summed E-state index contributed by atoms with van der Waals surface area (Å²) < 4.78 is 2.33. The molecule has 3 rings (SSSR count). The highest BCUT2D eigenvalue weighted by molar-refractivity contribution is 6.31. The lowest BCUT2D eigenvalue weighted by Crippen LogP contribution is -2.45. The van der Waals surface area contributed by atoms with Crippen LogP contribution in [0, 0.1) is 0 Å². The summed E-state index contributed by atoms with van der Waals surface area (Å²) >= 11 is 6.17. The number of halogens is 1. The summed E-state index contributed by atoms with van der Waals surface area (Å²) in [6.07, 6.45) is 3.64. The molecule has 0 amide bonds. The van der Waals surface area contributed by atoms with Crippen LogP contribution in [-0.4, -0.2) is 16.1 Å². The molecule has 1 N–H and O–H groups in total. The number of benzene rings is 1. The third kappa shape index (κ3) is 2.23. The molecule has 0 aliphatic carbocycles. The number of nitrogens with zero attached hydrogens (tertiary/aromatic N) is 2. The minimum absolute atomic E-state index is 0.0337. The van der Waals surface area contributed by atoms with Crippen molar-refractivity contribution >= 4 is 22.6 Å². The lowest BCUT2D eigenvalue weighted by Gasteiger charge is -2.35. The Kier molecular flexibility index (Phi) is 3.51. The molecule has 1 unspecified atom stereocenters. The number of nitrogens with one attached hydrogen (secondary N) is 1. The molecule has 1 aromatic heterocycles. The second kappa shape index (κ2) is 5.05. The highest BCUT2D eigenvalue weighted by Gasteiger charge is 2.34. The van der Waals surface area contributed by atoms with Crippen LogP contribution in [0.25, 0.3) is 11.0 Å². The summed E-state index contributed by atoms with van der Waals surface area (Å²) in [5.41, 5.74) is 2.14. The van der Waals surface area contributed by atoms with E-state index in [1.54, 1.807) is 0 Å². The molecule has 1 aliphatic heterocycles. The third-order valence-electron chi connectivity index (χ3n) is 4.28. The van der Waals surface area contributed by atoms with Gasteiger partial charge in [-0.2, -0.15) is 0 Å². The molecule has 1 aromatic carbocycles. The van der Waals surface area contributed by atoms with Gasteiger partial charge in [-0.25, -0.2) is 4.98 Å². The molecule has 0 saturated carbocycles. The monoisotopic (exact) mass is 291 g/mol. The maximum Gasteiger partial charge on any atom is 0.130 e. The van der Waals surface area contributed by atoms with Crippen LogP contribution in [0.3, 0.4) is 0 Å². The Bertz CT molecular complexity index is 624. The molecule has 2 aromatic rings. The summed E-state index contributed by atoms with van der Waals surface area (Å²) in [5.74, 6) is 1.14. The summed E-state index contributed by atoms with van der Waals surface area (Å²) in [4.78, 5) is 4.91. The van der Waals surface area contributed by atoms with E-state index in [0.29, 0.717) is 6.04 Å². The quantitative estimate of drug-likeness (QED) is 0.896. The minimum atomic E-state index is -0.0337. The van der Waals surface area contributed by atoms with Gasteiger partial charge in [0.15, 0.2) is 0 Å². The highest BCUT2D eigenvalue weighted by atomic mass is 35.5. The zero-order valence-corrected chi connectivity index (χ0v) is 13.2. The maximum absolute atomic E-state index is 6.17. The van der Waals surface area contributed by atoms with E-state index in [4.69, 9.17) is 16.6 Å². The van der Waals surface area contributed by atoms with Gasteiger partial charge in [-0.1, -0.05) is 11.6 Å². The van der Waals surface area contributed by atoms with Crippen LogP contribution in [0.1, 0.15) is 51.9 Å². The largest absolute Gasteiger partial charge is 0.324 e. The summed E-state index contributed by atoms with van der Waals surface area (Å²) in [5, 5.41) is 4.44. The van der Waals surface area contributed by atoms with Crippen molar-refractivity contribution in [3.05, 3.63) is 29.0 Å². The lowest BCUT2D eigenvalue weighted by molar-refractivity contribution is 0.258. The third-order valence-corrected chi connectivity index (χ3v) is 4.52. The number of fused-ring (bicyclic) bond motifs is 1. The molecule has 1 atom stereocenters. The van der Waals surface area contributed by atoms with E-state index >= 15 is 0 Å². The first-order chi connectivity index (χ1) is 9.51. The fraction of sp³-hybridized carbons (Fsp3) is 0.562. The molecule has 20 heavy (non-hydrogen) atoms. The van der Waals surface area contributed by atoms with E-state index in [1.165, 1.54) is 12.8 Å². The molecular weight excluding hydrogens is 270 g/mol. The van der Waals surface area contributed by atoms with Crippen LogP contribution in [0.4, 0.5) is 0 Å². The van der Waals surface area contributed by atoms with Gasteiger partial charge in [-0.3, -0.25) is 0 Å². The summed E-state index contributed by atoms with van der Waals surface area (Å²) in [7, 11) is 0. The maximum atomic E-state index is 6.17. The van der Waals surface area contributed by atoms with Gasteiger partial charge in [0, 0.05) is 11.1 Å². The summed E-state index contributed by atoms with van der Waals surface area (Å²) in [6.45, 7) is 7.75. The fourth-order valence-corrected chi connectivity index (χ4v) is 3.39. The molecule has 108 valence electrons. The fourth-order valence-electron chi connectivity index (χ4n) is 3.23. The van der Waals surface area contributed by atoms with E-state index < -0.39 is 0 Å². The second-order valence-electron chi connectivity index (χ2n) is 6.25. The van der Waals surface area contributed by atoms with Crippen LogP contribution in [0.15, 0.2) is 18.2 Å². The minimum Gasteiger partial charge on any atom is -0.324 e. The van der Waals surface area contributed by atoms with Gasteiger partial charge >= 0.3 is 0 Å². The van der Waals surface area contributed by atoms with Crippen LogP contribution in [0.2, 0.25) is 5.02 Å². The summed E-state index contributed by atoms with van der Waals surface area (Å²) in [6, 6.07) is 6.34. The first-order valence-corrected chi connectivity index (χ1v) is 7.82. The van der Waals surface area contributed by atoms with Crippen molar-refractivity contribution in [2.45, 2.75) is 51.6 Å². The smallest absolute Gasteiger partial charge is 0.130 e. The zero-order chi connectivity index (χ0) is 14.3. The van der Waals surface area contributed by atoms with Gasteiger partial charge in [0.25, 0.3) is 0 Å². The predicted molar refractivity (Wildman–Crippen MR) is 84.3 cm³/mol. The van der Waals surface area contributed by atoms with Crippen molar-refractivity contribution in [1.29, 1.82) is 0 Å². The Labute approximate surface area is 125 Å². The molecule has 0 spiro atoms. The normalized spacial score (nSPS) is 23.6. The number of hydrogen-bond acceptors (Lipinski definition) is 2. The van der Waals surface area contributed by atoms with Crippen molar-refractivity contribution in [3.8, 4) is 0 Å². The van der Waals surface area contributed by atoms with Gasteiger partial charge in [0.1, 0.15) is 5.82 Å². The molecule has 3 nitrogen and oxygen atoms in total. The van der Waals surface area contributed by atoms with E-state index in [9.17, 15) is 0 Å². The topological polar surface area (TPSA) is 29.9 Å². The highest BCUT2D eigenvalue weighted by Crippen LogP contribution is 2.34. The molecular formula is C16H22ClN3. The average molecular weight is 292 g/mol. The van der Waals surface area contributed by atoms with Crippen LogP contribution in [0.5, 0.6) is 0 Å². The number of piperidine rings is 1. The first-order valence-electron chi connectivity index (χ1n) is 7.44. The molecule has 1 fully saturated rings. The Morgan fingerprint density at radius 2 is 2.15 bits per heavy atom. The number of imidazole rings is 1. The molecule has 0 radical (unpaired) electrons. The number of aromatic nitrogens is 2. The second-order valence-corrected chi connectivity index (χ2v) is 6.68. The zero-order valence-electron chi connectivity index (χ0n) is 12.4. The van der Waals surface area contributed by atoms with Crippen molar-refractivity contribution in [2.75, 3.05) is 6.54 Å². The van der Waals surface area contributed by atoms with E-state index in [-0.39, 0.29) is 5.54 Å². The van der Waals surface area contributed by atoms with E-state index in [1.807, 2.05) is 18.2 Å². The van der Waals surface area contributed by atoms with Crippen molar-refractivity contribution in [1.82, 2.24) is 14.9 Å². The molecule has 1 aliphatic rings. The van der Waals surface area contributed by atoms with Crippen LogP contribution in [-0.2, 0) is 5.54 Å². The SMILES string of the molecule is CC(C)n1c(C2(C)CCCCN2)nc2ccc(Cl)cc21. The standard InChI is InChI=1S/C16H22ClN3/c1-11(2)20-14-10-12(17)6-7-13(14)19-15(20)16(3)8-4-5-9-18-16/h6-7,10-11,18H,4-5,8-9H2,1-3H3. The molecule has 1 saturated heterocycles. The molecule has 4 heteroatoms. The van der Waals surface area contributed by atoms with Crippen LogP contribution < -0.4 is 5.32 Å². The van der Waals surface area contributed by atoms with Crippen molar-refractivity contribution in [2.24, 2.45) is 0 Å². The Morgan fingerprint density at radius 3 is 2.80 bits per heavy atom. The Hall–Kier alpha value is -1.06. The van der Waals surface area contributed by atoms with E-state index in [0.717, 1.165) is 34.8 Å². The first kappa shape index (κ1) is 13.9. The van der Waals surface area contributed by atoms with Gasteiger partial charge in [0.05, 0.1) is 16.6 Å².